The highest BCUT2D eigenvalue weighted by atomic mass is 32.2. The van der Waals surface area contributed by atoms with Crippen LogP contribution in [0.5, 0.6) is 0 Å². The van der Waals surface area contributed by atoms with Gasteiger partial charge in [-0.25, -0.2) is 0 Å². The van der Waals surface area contributed by atoms with Crippen LogP contribution in [0.3, 0.4) is 0 Å². The van der Waals surface area contributed by atoms with E-state index in [9.17, 15) is 0 Å². The second-order valence-electron chi connectivity index (χ2n) is 6.02. The minimum absolute atomic E-state index is 0.200. The molecule has 1 aromatic carbocycles. The van der Waals surface area contributed by atoms with Crippen LogP contribution in [-0.2, 0) is 0 Å². The highest BCUT2D eigenvalue weighted by molar-refractivity contribution is 7.99. The fourth-order valence-electron chi connectivity index (χ4n) is 1.95. The SMILES string of the molecule is CN=C(NCC(C)(C)SC)NC(C)C(C)c1ccccc1. The molecule has 1 rings (SSSR count). The van der Waals surface area contributed by atoms with Crippen LogP contribution in [0.2, 0.25) is 0 Å². The van der Waals surface area contributed by atoms with Crippen LogP contribution in [0.1, 0.15) is 39.2 Å². The first-order valence-corrected chi connectivity index (χ1v) is 8.69. The van der Waals surface area contributed by atoms with Crippen molar-refractivity contribution in [3.05, 3.63) is 35.9 Å². The highest BCUT2D eigenvalue weighted by Gasteiger charge is 2.18. The summed E-state index contributed by atoms with van der Waals surface area (Å²) in [5.41, 5.74) is 1.34. The van der Waals surface area contributed by atoms with Gasteiger partial charge in [-0.3, -0.25) is 4.99 Å². The average Bonchev–Trinajstić information content (AvgIpc) is 2.51. The average molecular weight is 308 g/mol. The largest absolute Gasteiger partial charge is 0.355 e. The van der Waals surface area contributed by atoms with Crippen molar-refractivity contribution < 1.29 is 0 Å². The van der Waals surface area contributed by atoms with Crippen molar-refractivity contribution in [2.24, 2.45) is 4.99 Å². The number of guanidine groups is 1. The van der Waals surface area contributed by atoms with Crippen molar-refractivity contribution in [2.45, 2.75) is 44.4 Å². The first-order valence-electron chi connectivity index (χ1n) is 7.47. The Morgan fingerprint density at radius 2 is 1.86 bits per heavy atom. The molecule has 0 radical (unpaired) electrons. The summed E-state index contributed by atoms with van der Waals surface area (Å²) < 4.78 is 0.200. The van der Waals surface area contributed by atoms with Crippen molar-refractivity contribution in [3.63, 3.8) is 0 Å². The Morgan fingerprint density at radius 1 is 1.24 bits per heavy atom. The van der Waals surface area contributed by atoms with E-state index in [1.165, 1.54) is 5.56 Å². The van der Waals surface area contributed by atoms with Crippen molar-refractivity contribution in [1.29, 1.82) is 0 Å². The number of hydrogen-bond donors (Lipinski definition) is 2. The Kier molecular flexibility index (Phi) is 7.09. The third-order valence-electron chi connectivity index (χ3n) is 3.90. The maximum absolute atomic E-state index is 4.33. The molecule has 0 spiro atoms. The lowest BCUT2D eigenvalue weighted by molar-refractivity contribution is 0.545. The molecular formula is C17H29N3S. The second-order valence-corrected chi connectivity index (χ2v) is 7.54. The van der Waals surface area contributed by atoms with Crippen LogP contribution in [-0.4, -0.2) is 36.6 Å². The van der Waals surface area contributed by atoms with E-state index in [0.29, 0.717) is 12.0 Å². The molecule has 3 nitrogen and oxygen atoms in total. The van der Waals surface area contributed by atoms with Gasteiger partial charge in [-0.2, -0.15) is 11.8 Å². The molecule has 0 saturated heterocycles. The topological polar surface area (TPSA) is 36.4 Å². The van der Waals surface area contributed by atoms with Crippen LogP contribution in [0.15, 0.2) is 35.3 Å². The number of rotatable bonds is 6. The van der Waals surface area contributed by atoms with Gasteiger partial charge in [-0.05, 0) is 32.6 Å². The second kappa shape index (κ2) is 8.32. The third kappa shape index (κ3) is 6.00. The molecular weight excluding hydrogens is 278 g/mol. The number of thioether (sulfide) groups is 1. The highest BCUT2D eigenvalue weighted by Crippen LogP contribution is 2.20. The minimum Gasteiger partial charge on any atom is -0.355 e. The van der Waals surface area contributed by atoms with E-state index in [4.69, 9.17) is 0 Å². The van der Waals surface area contributed by atoms with Gasteiger partial charge >= 0.3 is 0 Å². The van der Waals surface area contributed by atoms with E-state index in [0.717, 1.165) is 12.5 Å². The monoisotopic (exact) mass is 307 g/mol. The van der Waals surface area contributed by atoms with Gasteiger partial charge in [-0.1, -0.05) is 37.3 Å². The van der Waals surface area contributed by atoms with E-state index in [1.807, 2.05) is 18.8 Å². The lowest BCUT2D eigenvalue weighted by atomic mass is 9.94. The molecule has 0 heterocycles. The molecule has 1 aromatic rings. The van der Waals surface area contributed by atoms with Crippen molar-refractivity contribution in [3.8, 4) is 0 Å². The zero-order chi connectivity index (χ0) is 15.9. The first-order chi connectivity index (χ1) is 9.89. The number of nitrogens with one attached hydrogen (secondary N) is 2. The third-order valence-corrected chi connectivity index (χ3v) is 5.15. The van der Waals surface area contributed by atoms with Crippen molar-refractivity contribution in [2.75, 3.05) is 19.8 Å². The Balaban J connectivity index is 2.57. The van der Waals surface area contributed by atoms with Crippen molar-refractivity contribution in [1.82, 2.24) is 10.6 Å². The zero-order valence-electron chi connectivity index (χ0n) is 14.1. The lowest BCUT2D eigenvalue weighted by Gasteiger charge is -2.27. The molecule has 118 valence electrons. The van der Waals surface area contributed by atoms with E-state index >= 15 is 0 Å². The van der Waals surface area contributed by atoms with Gasteiger partial charge in [0.1, 0.15) is 0 Å². The summed E-state index contributed by atoms with van der Waals surface area (Å²) in [6.45, 7) is 9.79. The zero-order valence-corrected chi connectivity index (χ0v) is 14.9. The summed E-state index contributed by atoms with van der Waals surface area (Å²) in [6, 6.07) is 10.9. The molecule has 2 N–H and O–H groups in total. The standard InChI is InChI=1S/C17H29N3S/c1-13(15-10-8-7-9-11-15)14(2)20-16(18-5)19-12-17(3,4)21-6/h7-11,13-14H,12H2,1-6H3,(H2,18,19,20). The van der Waals surface area contributed by atoms with Gasteiger partial charge in [0, 0.05) is 30.3 Å². The maximum Gasteiger partial charge on any atom is 0.191 e. The quantitative estimate of drug-likeness (QED) is 0.624. The normalized spacial score (nSPS) is 15.4. The first kappa shape index (κ1) is 17.9. The summed E-state index contributed by atoms with van der Waals surface area (Å²) in [4.78, 5) is 4.33. The fourth-order valence-corrected chi connectivity index (χ4v) is 2.17. The smallest absolute Gasteiger partial charge is 0.191 e. The van der Waals surface area contributed by atoms with Gasteiger partial charge in [0.15, 0.2) is 5.96 Å². The molecule has 0 bridgehead atoms. The molecule has 0 amide bonds. The minimum atomic E-state index is 0.200. The summed E-state index contributed by atoms with van der Waals surface area (Å²) in [7, 11) is 1.82. The molecule has 0 fully saturated rings. The van der Waals surface area contributed by atoms with Gasteiger partial charge in [-0.15, -0.1) is 0 Å². The number of hydrogen-bond acceptors (Lipinski definition) is 2. The predicted octanol–water partition coefficient (Wildman–Crippen LogP) is 3.49. The van der Waals surface area contributed by atoms with Crippen molar-refractivity contribution >= 4 is 17.7 Å². The van der Waals surface area contributed by atoms with Crippen LogP contribution >= 0.6 is 11.8 Å². The molecule has 4 heteroatoms. The van der Waals surface area contributed by atoms with Gasteiger partial charge < -0.3 is 10.6 Å². The Labute approximate surface area is 134 Å². The molecule has 0 saturated carbocycles. The van der Waals surface area contributed by atoms with E-state index in [-0.39, 0.29) is 4.75 Å². The molecule has 0 aliphatic carbocycles. The molecule has 0 aliphatic rings. The Bertz CT molecular complexity index is 443. The molecule has 0 aliphatic heterocycles. The number of benzene rings is 1. The van der Waals surface area contributed by atoms with Gasteiger partial charge in [0.05, 0.1) is 0 Å². The van der Waals surface area contributed by atoms with E-state index < -0.39 is 0 Å². The Morgan fingerprint density at radius 3 is 2.38 bits per heavy atom. The fraction of sp³-hybridized carbons (Fsp3) is 0.588. The summed E-state index contributed by atoms with van der Waals surface area (Å²) in [6.07, 6.45) is 2.14. The summed E-state index contributed by atoms with van der Waals surface area (Å²) >= 11 is 1.86. The summed E-state index contributed by atoms with van der Waals surface area (Å²) in [5, 5.41) is 6.91. The maximum atomic E-state index is 4.33. The Hall–Kier alpha value is -1.16. The lowest BCUT2D eigenvalue weighted by Crippen LogP contribution is -2.47. The van der Waals surface area contributed by atoms with Crippen LogP contribution in [0.25, 0.3) is 0 Å². The summed E-state index contributed by atoms with van der Waals surface area (Å²) in [5.74, 6) is 1.30. The molecule has 2 atom stereocenters. The van der Waals surface area contributed by atoms with Gasteiger partial charge in [0.25, 0.3) is 0 Å². The molecule has 2 unspecified atom stereocenters. The van der Waals surface area contributed by atoms with Gasteiger partial charge in [0.2, 0.25) is 0 Å². The van der Waals surface area contributed by atoms with Crippen LogP contribution in [0.4, 0.5) is 0 Å². The van der Waals surface area contributed by atoms with Crippen LogP contribution < -0.4 is 10.6 Å². The number of aliphatic imine (C=N–C) groups is 1. The molecule has 21 heavy (non-hydrogen) atoms. The van der Waals surface area contributed by atoms with E-state index in [2.05, 4.69) is 79.9 Å². The molecule has 0 aromatic heterocycles. The van der Waals surface area contributed by atoms with Crippen LogP contribution in [0, 0.1) is 0 Å². The van der Waals surface area contributed by atoms with E-state index in [1.54, 1.807) is 0 Å². The number of nitrogens with zero attached hydrogens (tertiary/aromatic N) is 1. The predicted molar refractivity (Wildman–Crippen MR) is 96.4 cm³/mol.